The van der Waals surface area contributed by atoms with Gasteiger partial charge in [0.2, 0.25) is 0 Å². The second-order valence-corrected chi connectivity index (χ2v) is 7.97. The topological polar surface area (TPSA) is 42.0 Å². The van der Waals surface area contributed by atoms with Crippen molar-refractivity contribution in [2.45, 2.75) is 39.2 Å². The number of benzene rings is 1. The quantitative estimate of drug-likeness (QED) is 0.587. The fourth-order valence-electron chi connectivity index (χ4n) is 3.35. The monoisotopic (exact) mass is 376 g/mol. The third-order valence-corrected chi connectivity index (χ3v) is 4.99. The van der Waals surface area contributed by atoms with E-state index in [1.807, 2.05) is 37.3 Å². The Bertz CT molecular complexity index is 542. The van der Waals surface area contributed by atoms with Gasteiger partial charge in [-0.25, -0.2) is 0 Å². The fraction of sp³-hybridized carbons (Fsp3) is 0.682. The molecule has 1 saturated heterocycles. The number of nitrogens with zero attached hydrogens (tertiary/aromatic N) is 2. The normalized spacial score (nSPS) is 18.4. The minimum Gasteiger partial charge on any atom is -0.458 e. The van der Waals surface area contributed by atoms with E-state index in [1.165, 1.54) is 0 Å². The van der Waals surface area contributed by atoms with E-state index in [9.17, 15) is 4.79 Å². The summed E-state index contributed by atoms with van der Waals surface area (Å²) in [6, 6.07) is 9.91. The van der Waals surface area contributed by atoms with Crippen LogP contribution in [0.3, 0.4) is 0 Å². The third kappa shape index (κ3) is 7.60. The second-order valence-electron chi connectivity index (χ2n) is 7.97. The highest BCUT2D eigenvalue weighted by molar-refractivity contribution is 5.78. The molecule has 0 spiro atoms. The molecule has 0 aromatic heterocycles. The highest BCUT2D eigenvalue weighted by Gasteiger charge is 2.26. The van der Waals surface area contributed by atoms with Crippen LogP contribution in [0, 0.1) is 5.92 Å². The number of carbonyl (C=O) groups is 1. The van der Waals surface area contributed by atoms with Crippen molar-refractivity contribution in [2.24, 2.45) is 5.92 Å². The Balaban J connectivity index is 1.97. The Labute approximate surface area is 164 Å². The minimum atomic E-state index is -0.225. The molecule has 0 aliphatic carbocycles. The van der Waals surface area contributed by atoms with E-state index in [2.05, 4.69) is 30.7 Å². The lowest BCUT2D eigenvalue weighted by atomic mass is 9.97. The van der Waals surface area contributed by atoms with E-state index in [4.69, 9.17) is 9.47 Å². The molecule has 1 aliphatic rings. The first-order chi connectivity index (χ1) is 13.0. The third-order valence-electron chi connectivity index (χ3n) is 4.99. The zero-order valence-electron chi connectivity index (χ0n) is 17.4. The van der Waals surface area contributed by atoms with Gasteiger partial charge < -0.3 is 14.4 Å². The van der Waals surface area contributed by atoms with Gasteiger partial charge in [-0.1, -0.05) is 51.1 Å². The SMILES string of the molecule is CC[C@H](C(=O)O[C@H](COCC(C)C)CN1CCN(C)CC1)c1ccccc1. The first-order valence-corrected chi connectivity index (χ1v) is 10.2. The van der Waals surface area contributed by atoms with Gasteiger partial charge in [0.15, 0.2) is 0 Å². The van der Waals surface area contributed by atoms with Crippen LogP contribution in [-0.2, 0) is 14.3 Å². The summed E-state index contributed by atoms with van der Waals surface area (Å²) in [7, 11) is 2.15. The van der Waals surface area contributed by atoms with Crippen LogP contribution in [0.5, 0.6) is 0 Å². The van der Waals surface area contributed by atoms with Crippen LogP contribution in [0.1, 0.15) is 38.7 Å². The molecule has 2 rings (SSSR count). The summed E-state index contributed by atoms with van der Waals surface area (Å²) in [4.78, 5) is 17.6. The van der Waals surface area contributed by atoms with Gasteiger partial charge in [-0.3, -0.25) is 9.69 Å². The average Bonchev–Trinajstić information content (AvgIpc) is 2.64. The predicted octanol–water partition coefficient (Wildman–Crippen LogP) is 3.01. The molecular formula is C22H36N2O3. The Morgan fingerprint density at radius 3 is 2.33 bits per heavy atom. The molecule has 27 heavy (non-hydrogen) atoms. The molecular weight excluding hydrogens is 340 g/mol. The molecule has 1 heterocycles. The summed E-state index contributed by atoms with van der Waals surface area (Å²) < 4.78 is 11.8. The van der Waals surface area contributed by atoms with Crippen LogP contribution in [0.2, 0.25) is 0 Å². The van der Waals surface area contributed by atoms with Crippen LogP contribution >= 0.6 is 0 Å². The number of ether oxygens (including phenoxy) is 2. The van der Waals surface area contributed by atoms with Gasteiger partial charge in [-0.15, -0.1) is 0 Å². The van der Waals surface area contributed by atoms with E-state index in [1.54, 1.807) is 0 Å². The lowest BCUT2D eigenvalue weighted by Gasteiger charge is -2.34. The Hall–Kier alpha value is -1.43. The lowest BCUT2D eigenvalue weighted by molar-refractivity contribution is -0.155. The Morgan fingerprint density at radius 1 is 1.07 bits per heavy atom. The second kappa shape index (κ2) is 11.4. The molecule has 1 fully saturated rings. The van der Waals surface area contributed by atoms with Gasteiger partial charge >= 0.3 is 5.97 Å². The number of carbonyl (C=O) groups excluding carboxylic acids is 1. The average molecular weight is 377 g/mol. The first-order valence-electron chi connectivity index (χ1n) is 10.2. The number of likely N-dealkylation sites (N-methyl/N-ethyl adjacent to an activating group) is 1. The van der Waals surface area contributed by atoms with Gasteiger partial charge in [0.25, 0.3) is 0 Å². The van der Waals surface area contributed by atoms with Crippen LogP contribution in [0.4, 0.5) is 0 Å². The van der Waals surface area contributed by atoms with E-state index in [0.717, 1.165) is 44.7 Å². The molecule has 0 radical (unpaired) electrons. The zero-order valence-corrected chi connectivity index (χ0v) is 17.4. The summed E-state index contributed by atoms with van der Waals surface area (Å²) in [5, 5.41) is 0. The van der Waals surface area contributed by atoms with Gasteiger partial charge in [0.1, 0.15) is 6.10 Å². The van der Waals surface area contributed by atoms with E-state index < -0.39 is 0 Å². The van der Waals surface area contributed by atoms with Crippen molar-refractivity contribution in [1.29, 1.82) is 0 Å². The number of rotatable bonds is 10. The molecule has 1 aliphatic heterocycles. The minimum absolute atomic E-state index is 0.143. The fourth-order valence-corrected chi connectivity index (χ4v) is 3.35. The van der Waals surface area contributed by atoms with Crippen LogP contribution in [0.15, 0.2) is 30.3 Å². The number of hydrogen-bond donors (Lipinski definition) is 0. The van der Waals surface area contributed by atoms with Crippen LogP contribution in [0.25, 0.3) is 0 Å². The van der Waals surface area contributed by atoms with E-state index in [0.29, 0.717) is 19.1 Å². The number of piperazine rings is 1. The summed E-state index contributed by atoms with van der Waals surface area (Å²) in [6.45, 7) is 12.3. The van der Waals surface area contributed by atoms with Gasteiger partial charge in [-0.05, 0) is 24.9 Å². The van der Waals surface area contributed by atoms with E-state index in [-0.39, 0.29) is 18.0 Å². The van der Waals surface area contributed by atoms with Crippen molar-refractivity contribution in [3.63, 3.8) is 0 Å². The molecule has 0 bridgehead atoms. The van der Waals surface area contributed by atoms with Gasteiger partial charge in [0, 0.05) is 39.3 Å². The van der Waals surface area contributed by atoms with E-state index >= 15 is 0 Å². The maximum Gasteiger partial charge on any atom is 0.313 e. The molecule has 1 aromatic rings. The summed E-state index contributed by atoms with van der Waals surface area (Å²) in [5.74, 6) is 0.111. The zero-order chi connectivity index (χ0) is 19.6. The van der Waals surface area contributed by atoms with Crippen molar-refractivity contribution in [3.05, 3.63) is 35.9 Å². The van der Waals surface area contributed by atoms with Crippen molar-refractivity contribution >= 4 is 5.97 Å². The largest absolute Gasteiger partial charge is 0.458 e. The van der Waals surface area contributed by atoms with Crippen molar-refractivity contribution in [3.8, 4) is 0 Å². The molecule has 2 atom stereocenters. The predicted molar refractivity (Wildman–Crippen MR) is 109 cm³/mol. The maximum atomic E-state index is 12.9. The lowest BCUT2D eigenvalue weighted by Crippen LogP contribution is -2.48. The number of hydrogen-bond acceptors (Lipinski definition) is 5. The van der Waals surface area contributed by atoms with Gasteiger partial charge in [0.05, 0.1) is 12.5 Å². The highest BCUT2D eigenvalue weighted by Crippen LogP contribution is 2.22. The number of esters is 1. The van der Waals surface area contributed by atoms with Crippen molar-refractivity contribution in [1.82, 2.24) is 9.80 Å². The van der Waals surface area contributed by atoms with Gasteiger partial charge in [-0.2, -0.15) is 0 Å². The smallest absolute Gasteiger partial charge is 0.313 e. The molecule has 0 N–H and O–H groups in total. The molecule has 1 aromatic carbocycles. The molecule has 0 amide bonds. The highest BCUT2D eigenvalue weighted by atomic mass is 16.6. The maximum absolute atomic E-state index is 12.9. The molecule has 0 unspecified atom stereocenters. The molecule has 5 nitrogen and oxygen atoms in total. The first kappa shape index (κ1) is 21.9. The molecule has 5 heteroatoms. The summed E-state index contributed by atoms with van der Waals surface area (Å²) in [5.41, 5.74) is 1.02. The molecule has 152 valence electrons. The van der Waals surface area contributed by atoms with Crippen LogP contribution in [-0.4, -0.2) is 74.9 Å². The Kier molecular flexibility index (Phi) is 9.25. The standard InChI is InChI=1S/C22H36N2O3/c1-5-21(19-9-7-6-8-10-19)22(25)27-20(17-26-16-18(2)3)15-24-13-11-23(4)12-14-24/h6-10,18,20-21H,5,11-17H2,1-4H3/t20-,21-/m0/s1. The van der Waals surface area contributed by atoms with Crippen molar-refractivity contribution < 1.29 is 14.3 Å². The van der Waals surface area contributed by atoms with Crippen LogP contribution < -0.4 is 0 Å². The summed E-state index contributed by atoms with van der Waals surface area (Å²) in [6.07, 6.45) is 0.508. The Morgan fingerprint density at radius 2 is 1.74 bits per heavy atom. The summed E-state index contributed by atoms with van der Waals surface area (Å²) >= 11 is 0. The van der Waals surface area contributed by atoms with Crippen molar-refractivity contribution in [2.75, 3.05) is 53.0 Å². The molecule has 0 saturated carbocycles.